The largest absolute Gasteiger partial charge is 0.460 e. The van der Waals surface area contributed by atoms with E-state index < -0.39 is 5.60 Å². The molecule has 0 spiro atoms. The van der Waals surface area contributed by atoms with Crippen LogP contribution in [0.15, 0.2) is 46.9 Å². The highest BCUT2D eigenvalue weighted by molar-refractivity contribution is 5.76. The van der Waals surface area contributed by atoms with Crippen LogP contribution in [0.25, 0.3) is 11.1 Å². The number of rotatable bonds is 4. The number of para-hydroxylation sites is 2. The van der Waals surface area contributed by atoms with Crippen molar-refractivity contribution in [2.24, 2.45) is 0 Å². The topological polar surface area (TPSA) is 64.4 Å². The Morgan fingerprint density at radius 3 is 2.64 bits per heavy atom. The number of carbonyl (C=O) groups excluding carboxylic acids is 1. The Morgan fingerprint density at radius 2 is 1.96 bits per heavy atom. The van der Waals surface area contributed by atoms with Gasteiger partial charge in [-0.15, -0.1) is 0 Å². The average molecular weight is 338 g/mol. The molecular weight excluding hydrogens is 316 g/mol. The maximum absolute atomic E-state index is 12.0. The first-order chi connectivity index (χ1) is 11.8. The second kappa shape index (κ2) is 6.59. The van der Waals surface area contributed by atoms with E-state index in [2.05, 4.69) is 10.3 Å². The number of esters is 1. The smallest absolute Gasteiger partial charge is 0.310 e. The Kier molecular flexibility index (Phi) is 4.49. The minimum absolute atomic E-state index is 0.230. The molecule has 0 aliphatic rings. The van der Waals surface area contributed by atoms with Gasteiger partial charge in [-0.25, -0.2) is 0 Å². The molecule has 130 valence electrons. The lowest BCUT2D eigenvalue weighted by molar-refractivity contribution is -0.153. The van der Waals surface area contributed by atoms with Gasteiger partial charge < -0.3 is 14.5 Å². The van der Waals surface area contributed by atoms with Gasteiger partial charge in [0.1, 0.15) is 11.1 Å². The molecule has 0 amide bonds. The number of benzene rings is 2. The first-order valence-electron chi connectivity index (χ1n) is 8.24. The molecule has 1 aromatic heterocycles. The van der Waals surface area contributed by atoms with Crippen LogP contribution in [0, 0.1) is 6.92 Å². The van der Waals surface area contributed by atoms with Gasteiger partial charge in [-0.05, 0) is 57.0 Å². The number of hydrogen-bond donors (Lipinski definition) is 1. The lowest BCUT2D eigenvalue weighted by Crippen LogP contribution is -2.24. The van der Waals surface area contributed by atoms with Gasteiger partial charge in [-0.1, -0.05) is 24.3 Å². The molecule has 0 saturated carbocycles. The number of oxazole rings is 1. The Hall–Kier alpha value is -2.82. The van der Waals surface area contributed by atoms with Gasteiger partial charge in [0.25, 0.3) is 6.01 Å². The standard InChI is InChI=1S/C20H22N2O3/c1-13-11-14(12-18(23)25-20(2,3)4)9-10-15(13)21-19-22-16-7-5-6-8-17(16)24-19/h5-11H,12H2,1-4H3,(H,21,22). The molecule has 1 N–H and O–H groups in total. The summed E-state index contributed by atoms with van der Waals surface area (Å²) in [5, 5.41) is 3.19. The predicted octanol–water partition coefficient (Wildman–Crippen LogP) is 4.76. The van der Waals surface area contributed by atoms with E-state index in [-0.39, 0.29) is 12.4 Å². The molecule has 2 aromatic carbocycles. The lowest BCUT2D eigenvalue weighted by Gasteiger charge is -2.19. The Morgan fingerprint density at radius 1 is 1.20 bits per heavy atom. The van der Waals surface area contributed by atoms with Crippen molar-refractivity contribution in [3.63, 3.8) is 0 Å². The number of fused-ring (bicyclic) bond motifs is 1. The molecule has 5 nitrogen and oxygen atoms in total. The number of aryl methyl sites for hydroxylation is 1. The number of ether oxygens (including phenoxy) is 1. The summed E-state index contributed by atoms with van der Waals surface area (Å²) in [7, 11) is 0. The molecule has 0 fully saturated rings. The molecule has 25 heavy (non-hydrogen) atoms. The van der Waals surface area contributed by atoms with Crippen LogP contribution in [0.1, 0.15) is 31.9 Å². The molecule has 1 heterocycles. The lowest BCUT2D eigenvalue weighted by atomic mass is 10.1. The van der Waals surface area contributed by atoms with Crippen molar-refractivity contribution in [1.82, 2.24) is 4.98 Å². The Labute approximate surface area is 147 Å². The number of anilines is 2. The molecule has 0 radical (unpaired) electrons. The van der Waals surface area contributed by atoms with E-state index in [9.17, 15) is 4.79 Å². The molecule has 0 aliphatic carbocycles. The molecule has 0 saturated heterocycles. The molecule has 0 bridgehead atoms. The summed E-state index contributed by atoms with van der Waals surface area (Å²) in [5.74, 6) is -0.230. The number of nitrogens with one attached hydrogen (secondary N) is 1. The van der Waals surface area contributed by atoms with E-state index in [4.69, 9.17) is 9.15 Å². The van der Waals surface area contributed by atoms with E-state index in [1.54, 1.807) is 0 Å². The van der Waals surface area contributed by atoms with Crippen molar-refractivity contribution < 1.29 is 13.9 Å². The van der Waals surface area contributed by atoms with Gasteiger partial charge in [0.05, 0.1) is 6.42 Å². The number of hydrogen-bond acceptors (Lipinski definition) is 5. The summed E-state index contributed by atoms with van der Waals surface area (Å²) in [4.78, 5) is 16.4. The highest BCUT2D eigenvalue weighted by atomic mass is 16.6. The number of nitrogens with zero attached hydrogens (tertiary/aromatic N) is 1. The molecule has 0 aliphatic heterocycles. The summed E-state index contributed by atoms with van der Waals surface area (Å²) >= 11 is 0. The van der Waals surface area contributed by atoms with Crippen molar-refractivity contribution in [3.8, 4) is 0 Å². The Bertz CT molecular complexity index is 874. The van der Waals surface area contributed by atoms with E-state index in [1.165, 1.54) is 0 Å². The Balaban J connectivity index is 1.72. The van der Waals surface area contributed by atoms with Gasteiger partial charge in [-0.3, -0.25) is 4.79 Å². The maximum atomic E-state index is 12.0. The van der Waals surface area contributed by atoms with E-state index in [0.29, 0.717) is 6.01 Å². The SMILES string of the molecule is Cc1cc(CC(=O)OC(C)(C)C)ccc1Nc1nc2ccccc2o1. The average Bonchev–Trinajstić information content (AvgIpc) is 2.90. The predicted molar refractivity (Wildman–Crippen MR) is 98.0 cm³/mol. The van der Waals surface area contributed by atoms with Crippen LogP contribution in [0.4, 0.5) is 11.7 Å². The summed E-state index contributed by atoms with van der Waals surface area (Å²) in [6, 6.07) is 13.9. The van der Waals surface area contributed by atoms with Gasteiger partial charge >= 0.3 is 5.97 Å². The summed E-state index contributed by atoms with van der Waals surface area (Å²) in [6.45, 7) is 7.57. The number of aromatic nitrogens is 1. The van der Waals surface area contributed by atoms with Gasteiger partial charge in [-0.2, -0.15) is 4.98 Å². The molecule has 5 heteroatoms. The fourth-order valence-electron chi connectivity index (χ4n) is 2.56. The molecule has 0 atom stereocenters. The van der Waals surface area contributed by atoms with Gasteiger partial charge in [0.15, 0.2) is 5.58 Å². The monoisotopic (exact) mass is 338 g/mol. The van der Waals surface area contributed by atoms with Crippen molar-refractivity contribution in [2.45, 2.75) is 39.7 Å². The fourth-order valence-corrected chi connectivity index (χ4v) is 2.56. The van der Waals surface area contributed by atoms with E-state index in [0.717, 1.165) is 27.9 Å². The van der Waals surface area contributed by atoms with Crippen LogP contribution in [-0.2, 0) is 16.0 Å². The maximum Gasteiger partial charge on any atom is 0.310 e. The molecule has 3 rings (SSSR count). The molecular formula is C20H22N2O3. The third kappa shape index (κ3) is 4.38. The van der Waals surface area contributed by atoms with Crippen LogP contribution in [0.5, 0.6) is 0 Å². The quantitative estimate of drug-likeness (QED) is 0.695. The van der Waals surface area contributed by atoms with Crippen LogP contribution in [0.2, 0.25) is 0 Å². The zero-order chi connectivity index (χ0) is 18.0. The van der Waals surface area contributed by atoms with Crippen molar-refractivity contribution in [3.05, 3.63) is 53.6 Å². The highest BCUT2D eigenvalue weighted by Gasteiger charge is 2.17. The third-order valence-corrected chi connectivity index (χ3v) is 3.59. The molecule has 3 aromatic rings. The van der Waals surface area contributed by atoms with Crippen molar-refractivity contribution >= 4 is 28.8 Å². The van der Waals surface area contributed by atoms with Crippen LogP contribution in [-0.4, -0.2) is 16.6 Å². The number of carbonyl (C=O) groups is 1. The van der Waals surface area contributed by atoms with Crippen LogP contribution in [0.3, 0.4) is 0 Å². The second-order valence-electron chi connectivity index (χ2n) is 7.02. The normalized spacial score (nSPS) is 11.5. The summed E-state index contributed by atoms with van der Waals surface area (Å²) in [5.41, 5.74) is 3.88. The second-order valence-corrected chi connectivity index (χ2v) is 7.02. The van der Waals surface area contributed by atoms with E-state index in [1.807, 2.05) is 70.2 Å². The fraction of sp³-hybridized carbons (Fsp3) is 0.300. The minimum Gasteiger partial charge on any atom is -0.460 e. The van der Waals surface area contributed by atoms with Crippen LogP contribution >= 0.6 is 0 Å². The van der Waals surface area contributed by atoms with E-state index >= 15 is 0 Å². The van der Waals surface area contributed by atoms with Crippen molar-refractivity contribution in [2.75, 3.05) is 5.32 Å². The first kappa shape index (κ1) is 17.0. The minimum atomic E-state index is -0.472. The zero-order valence-corrected chi connectivity index (χ0v) is 14.9. The molecule has 0 unspecified atom stereocenters. The third-order valence-electron chi connectivity index (χ3n) is 3.59. The summed E-state index contributed by atoms with van der Waals surface area (Å²) < 4.78 is 11.0. The van der Waals surface area contributed by atoms with Crippen LogP contribution < -0.4 is 5.32 Å². The highest BCUT2D eigenvalue weighted by Crippen LogP contribution is 2.25. The van der Waals surface area contributed by atoms with Crippen molar-refractivity contribution in [1.29, 1.82) is 0 Å². The first-order valence-corrected chi connectivity index (χ1v) is 8.24. The van der Waals surface area contributed by atoms with Gasteiger partial charge in [0.2, 0.25) is 0 Å². The van der Waals surface area contributed by atoms with Gasteiger partial charge in [0, 0.05) is 5.69 Å². The zero-order valence-electron chi connectivity index (χ0n) is 14.9. The summed E-state index contributed by atoms with van der Waals surface area (Å²) in [6.07, 6.45) is 0.251.